The van der Waals surface area contributed by atoms with Crippen molar-refractivity contribution < 1.29 is 4.74 Å². The minimum Gasteiger partial charge on any atom is -0.437 e. The average Bonchev–Trinajstić information content (AvgIpc) is 2.38. The summed E-state index contributed by atoms with van der Waals surface area (Å²) in [6.45, 7) is 6.79. The van der Waals surface area contributed by atoms with E-state index in [1.54, 1.807) is 12.3 Å². The van der Waals surface area contributed by atoms with Gasteiger partial charge in [0.15, 0.2) is 0 Å². The topological polar surface area (TPSA) is 59.9 Å². The van der Waals surface area contributed by atoms with Gasteiger partial charge >= 0.3 is 0 Å². The Kier molecular flexibility index (Phi) is 4.28. The van der Waals surface area contributed by atoms with Crippen molar-refractivity contribution >= 4 is 5.95 Å². The monoisotopic (exact) mass is 258 g/mol. The molecule has 100 valence electrons. The molecule has 0 fully saturated rings. The molecule has 5 heteroatoms. The minimum absolute atomic E-state index is 0.525. The van der Waals surface area contributed by atoms with Crippen LogP contribution in [0.4, 0.5) is 5.95 Å². The Labute approximate surface area is 113 Å². The molecule has 19 heavy (non-hydrogen) atoms. The van der Waals surface area contributed by atoms with Gasteiger partial charge in [-0.05, 0) is 32.4 Å². The molecular formula is C14H18N4O. The molecule has 2 rings (SSSR count). The number of aryl methyl sites for hydroxylation is 2. The van der Waals surface area contributed by atoms with Crippen LogP contribution in [0.3, 0.4) is 0 Å². The number of hydrogen-bond acceptors (Lipinski definition) is 5. The van der Waals surface area contributed by atoms with Crippen molar-refractivity contribution in [1.29, 1.82) is 0 Å². The Morgan fingerprint density at radius 1 is 1.16 bits per heavy atom. The number of nitrogens with one attached hydrogen (secondary N) is 1. The fourth-order valence-electron chi connectivity index (χ4n) is 1.54. The van der Waals surface area contributed by atoms with Crippen LogP contribution in [0.25, 0.3) is 0 Å². The molecule has 1 N–H and O–H groups in total. The van der Waals surface area contributed by atoms with Crippen molar-refractivity contribution in [2.24, 2.45) is 0 Å². The van der Waals surface area contributed by atoms with Gasteiger partial charge in [0.2, 0.25) is 11.8 Å². The number of ether oxygens (including phenoxy) is 1. The highest BCUT2D eigenvalue weighted by Crippen LogP contribution is 2.20. The molecule has 0 amide bonds. The Morgan fingerprint density at radius 3 is 2.68 bits per heavy atom. The van der Waals surface area contributed by atoms with Gasteiger partial charge in [0.25, 0.3) is 0 Å². The molecule has 0 unspecified atom stereocenters. The van der Waals surface area contributed by atoms with Gasteiger partial charge in [-0.3, -0.25) is 4.98 Å². The zero-order valence-corrected chi connectivity index (χ0v) is 11.5. The van der Waals surface area contributed by atoms with E-state index in [0.717, 1.165) is 24.4 Å². The van der Waals surface area contributed by atoms with Crippen LogP contribution in [0.2, 0.25) is 0 Å². The summed E-state index contributed by atoms with van der Waals surface area (Å²) >= 11 is 0. The second kappa shape index (κ2) is 6.13. The third-order valence-corrected chi connectivity index (χ3v) is 2.47. The van der Waals surface area contributed by atoms with E-state index in [9.17, 15) is 0 Å². The lowest BCUT2D eigenvalue weighted by atomic mass is 10.4. The van der Waals surface area contributed by atoms with Gasteiger partial charge in [0.1, 0.15) is 5.75 Å². The molecule has 2 aromatic heterocycles. The van der Waals surface area contributed by atoms with E-state index in [0.29, 0.717) is 17.6 Å². The first-order chi connectivity index (χ1) is 9.17. The lowest BCUT2D eigenvalue weighted by Gasteiger charge is -2.08. The fourth-order valence-corrected chi connectivity index (χ4v) is 1.54. The van der Waals surface area contributed by atoms with Crippen LogP contribution in [0.15, 0.2) is 24.4 Å². The van der Waals surface area contributed by atoms with Crippen molar-refractivity contribution in [3.05, 3.63) is 35.8 Å². The zero-order valence-electron chi connectivity index (χ0n) is 11.5. The van der Waals surface area contributed by atoms with Gasteiger partial charge in [0.05, 0.1) is 6.20 Å². The molecule has 0 aliphatic heterocycles. The van der Waals surface area contributed by atoms with Gasteiger partial charge < -0.3 is 10.1 Å². The largest absolute Gasteiger partial charge is 0.437 e. The standard InChI is InChI=1S/C14H18N4O/c1-4-7-15-14-17-11(3)8-13(18-14)19-12-6-5-10(2)16-9-12/h5-6,8-9H,4,7H2,1-3H3,(H,15,17,18). The van der Waals surface area contributed by atoms with E-state index >= 15 is 0 Å². The minimum atomic E-state index is 0.525. The Balaban J connectivity index is 2.15. The fraction of sp³-hybridized carbons (Fsp3) is 0.357. The number of hydrogen-bond donors (Lipinski definition) is 1. The van der Waals surface area contributed by atoms with E-state index < -0.39 is 0 Å². The molecule has 0 saturated carbocycles. The van der Waals surface area contributed by atoms with Crippen molar-refractivity contribution in [2.45, 2.75) is 27.2 Å². The van der Waals surface area contributed by atoms with Gasteiger partial charge in [0, 0.05) is 24.0 Å². The Morgan fingerprint density at radius 2 is 2.00 bits per heavy atom. The SMILES string of the molecule is CCCNc1nc(C)cc(Oc2ccc(C)nc2)n1. The summed E-state index contributed by atoms with van der Waals surface area (Å²) in [5.74, 6) is 1.79. The predicted molar refractivity (Wildman–Crippen MR) is 74.6 cm³/mol. The van der Waals surface area contributed by atoms with Crippen LogP contribution in [0.1, 0.15) is 24.7 Å². The van der Waals surface area contributed by atoms with Crippen LogP contribution in [0, 0.1) is 13.8 Å². The molecule has 0 aliphatic rings. The molecule has 0 saturated heterocycles. The second-order valence-electron chi connectivity index (χ2n) is 4.34. The van der Waals surface area contributed by atoms with E-state index in [1.165, 1.54) is 0 Å². The molecule has 0 bridgehead atoms. The van der Waals surface area contributed by atoms with E-state index in [4.69, 9.17) is 4.74 Å². The molecule has 0 aromatic carbocycles. The Hall–Kier alpha value is -2.17. The van der Waals surface area contributed by atoms with Gasteiger partial charge in [-0.2, -0.15) is 4.98 Å². The smallest absolute Gasteiger partial charge is 0.226 e. The maximum Gasteiger partial charge on any atom is 0.226 e. The van der Waals surface area contributed by atoms with Crippen LogP contribution >= 0.6 is 0 Å². The van der Waals surface area contributed by atoms with E-state index in [1.807, 2.05) is 26.0 Å². The summed E-state index contributed by atoms with van der Waals surface area (Å²) in [5.41, 5.74) is 1.82. The lowest BCUT2D eigenvalue weighted by Crippen LogP contribution is -2.05. The quantitative estimate of drug-likeness (QED) is 0.893. The molecule has 0 spiro atoms. The third kappa shape index (κ3) is 3.91. The highest BCUT2D eigenvalue weighted by Gasteiger charge is 2.04. The number of anilines is 1. The molecule has 2 heterocycles. The maximum absolute atomic E-state index is 5.68. The predicted octanol–water partition coefficient (Wildman–Crippen LogP) is 3.10. The Bertz CT molecular complexity index is 540. The molecular weight excluding hydrogens is 240 g/mol. The van der Waals surface area contributed by atoms with Crippen LogP contribution in [-0.2, 0) is 0 Å². The van der Waals surface area contributed by atoms with Gasteiger partial charge in [-0.15, -0.1) is 0 Å². The second-order valence-corrected chi connectivity index (χ2v) is 4.34. The first kappa shape index (κ1) is 13.3. The summed E-state index contributed by atoms with van der Waals surface area (Å²) in [4.78, 5) is 12.8. The molecule has 5 nitrogen and oxygen atoms in total. The highest BCUT2D eigenvalue weighted by atomic mass is 16.5. The third-order valence-electron chi connectivity index (χ3n) is 2.47. The van der Waals surface area contributed by atoms with Crippen molar-refractivity contribution in [1.82, 2.24) is 15.0 Å². The summed E-state index contributed by atoms with van der Waals surface area (Å²) in [6.07, 6.45) is 2.71. The number of nitrogens with zero attached hydrogens (tertiary/aromatic N) is 3. The van der Waals surface area contributed by atoms with Gasteiger partial charge in [-0.25, -0.2) is 4.98 Å². The summed E-state index contributed by atoms with van der Waals surface area (Å²) in [6, 6.07) is 5.58. The number of rotatable bonds is 5. The first-order valence-corrected chi connectivity index (χ1v) is 6.37. The first-order valence-electron chi connectivity index (χ1n) is 6.37. The van der Waals surface area contributed by atoms with Crippen LogP contribution < -0.4 is 10.1 Å². The van der Waals surface area contributed by atoms with E-state index in [2.05, 4.69) is 27.2 Å². The van der Waals surface area contributed by atoms with Gasteiger partial charge in [-0.1, -0.05) is 6.92 Å². The average molecular weight is 258 g/mol. The maximum atomic E-state index is 5.68. The van der Waals surface area contributed by atoms with Crippen molar-refractivity contribution in [3.63, 3.8) is 0 Å². The normalized spacial score (nSPS) is 10.3. The summed E-state index contributed by atoms with van der Waals surface area (Å²) in [5, 5.41) is 3.15. The summed E-state index contributed by atoms with van der Waals surface area (Å²) in [7, 11) is 0. The summed E-state index contributed by atoms with van der Waals surface area (Å²) < 4.78 is 5.68. The highest BCUT2D eigenvalue weighted by molar-refractivity contribution is 5.33. The molecule has 0 aliphatic carbocycles. The van der Waals surface area contributed by atoms with Crippen molar-refractivity contribution in [3.8, 4) is 11.6 Å². The number of aromatic nitrogens is 3. The van der Waals surface area contributed by atoms with Crippen LogP contribution in [-0.4, -0.2) is 21.5 Å². The van der Waals surface area contributed by atoms with E-state index in [-0.39, 0.29) is 0 Å². The molecule has 2 aromatic rings. The number of pyridine rings is 1. The van der Waals surface area contributed by atoms with Crippen molar-refractivity contribution in [2.75, 3.05) is 11.9 Å². The lowest BCUT2D eigenvalue weighted by molar-refractivity contribution is 0.459. The molecule has 0 radical (unpaired) electrons. The van der Waals surface area contributed by atoms with Crippen LogP contribution in [0.5, 0.6) is 11.6 Å². The zero-order chi connectivity index (χ0) is 13.7. The molecule has 0 atom stereocenters.